The van der Waals surface area contributed by atoms with Crippen LogP contribution in [0.2, 0.25) is 0 Å². The van der Waals surface area contributed by atoms with Crippen LogP contribution in [0, 0.1) is 35.5 Å². The number of carbonyl (C=O) groups excluding carboxylic acids is 3. The summed E-state index contributed by atoms with van der Waals surface area (Å²) in [7, 11) is 1.83. The minimum atomic E-state index is -0.471. The van der Waals surface area contributed by atoms with Crippen LogP contribution in [0.3, 0.4) is 0 Å². The molecule has 3 saturated heterocycles. The summed E-state index contributed by atoms with van der Waals surface area (Å²) in [5.41, 5.74) is 4.86. The lowest BCUT2D eigenvalue weighted by Gasteiger charge is -2.53. The van der Waals surface area contributed by atoms with Gasteiger partial charge in [0.15, 0.2) is 17.3 Å². The van der Waals surface area contributed by atoms with Gasteiger partial charge in [-0.05, 0) is 101 Å². The number of ether oxygens (including phenoxy) is 3. The number of halogens is 1. The minimum absolute atomic E-state index is 0.0570. The molecule has 9 nitrogen and oxygen atoms in total. The Morgan fingerprint density at radius 1 is 0.540 bits per heavy atom. The van der Waals surface area contributed by atoms with Crippen molar-refractivity contribution in [3.05, 3.63) is 106 Å². The van der Waals surface area contributed by atoms with E-state index in [2.05, 4.69) is 41.1 Å². The number of ketones is 3. The molecule has 0 spiro atoms. The standard InChI is InChI=1S/C18H24FNO2.C18H25NO2.C17H23NO2/c1-13(21)14-4-2-5-15(10-14)18(22-9-8-19)16-6-3-7-17(18)12-20-11-16;1-3-21-18(15-7-4-6-14(10-15)13(2)20)16-8-5-9-17(18)12-19-11-16;1-12(19)13-5-3-6-14(9-13)17(20-2)15-7-4-8-16(17)11-18-10-15/h2,4-5,10,16-17,20H,3,6-9,11-12H2,1H3;4,6-7,10,16-17,19H,3,5,8-9,11-12H2,1-2H3;3,5-6,9,15-16,18H,4,7-8,10-11H2,1-2H3. The van der Waals surface area contributed by atoms with Crippen molar-refractivity contribution in [2.24, 2.45) is 35.5 Å². The second kappa shape index (κ2) is 21.1. The topological polar surface area (TPSA) is 115 Å². The van der Waals surface area contributed by atoms with Gasteiger partial charge >= 0.3 is 0 Å². The van der Waals surface area contributed by atoms with Crippen molar-refractivity contribution < 1.29 is 33.0 Å². The van der Waals surface area contributed by atoms with Gasteiger partial charge in [0.2, 0.25) is 0 Å². The number of alkyl halides is 1. The van der Waals surface area contributed by atoms with Gasteiger partial charge in [0.05, 0.1) is 6.61 Å². The quantitative estimate of drug-likeness (QED) is 0.154. The lowest BCUT2D eigenvalue weighted by Crippen LogP contribution is -2.58. The van der Waals surface area contributed by atoms with Crippen LogP contribution in [-0.2, 0) is 31.0 Å². The van der Waals surface area contributed by atoms with Crippen LogP contribution in [0.5, 0.6) is 0 Å². The van der Waals surface area contributed by atoms with Gasteiger partial charge < -0.3 is 30.2 Å². The zero-order chi connectivity index (χ0) is 44.6. The average Bonchev–Trinajstić information content (AvgIpc) is 3.28. The summed E-state index contributed by atoms with van der Waals surface area (Å²) in [6, 6.07) is 23.9. The molecule has 3 aliphatic heterocycles. The third-order valence-corrected chi connectivity index (χ3v) is 15.6. The van der Waals surface area contributed by atoms with Gasteiger partial charge in [0.1, 0.15) is 23.5 Å². The highest BCUT2D eigenvalue weighted by atomic mass is 19.1. The molecule has 6 fully saturated rings. The third kappa shape index (κ3) is 9.41. The van der Waals surface area contributed by atoms with Crippen molar-refractivity contribution in [3.63, 3.8) is 0 Å². The highest BCUT2D eigenvalue weighted by molar-refractivity contribution is 5.95. The van der Waals surface area contributed by atoms with Gasteiger partial charge in [0.25, 0.3) is 0 Å². The Kier molecular flexibility index (Phi) is 15.9. The minimum Gasteiger partial charge on any atom is -0.373 e. The zero-order valence-corrected chi connectivity index (χ0v) is 38.4. The second-order valence-corrected chi connectivity index (χ2v) is 18.9. The first-order chi connectivity index (χ1) is 30.5. The number of carbonyl (C=O) groups is 3. The number of hydrogen-bond acceptors (Lipinski definition) is 9. The molecule has 3 heterocycles. The molecule has 3 aromatic carbocycles. The van der Waals surface area contributed by atoms with Crippen LogP contribution < -0.4 is 16.0 Å². The lowest BCUT2D eigenvalue weighted by molar-refractivity contribution is -0.166. The third-order valence-electron chi connectivity index (χ3n) is 15.6. The van der Waals surface area contributed by atoms with Crippen molar-refractivity contribution in [2.75, 3.05) is 66.3 Å². The molecule has 6 bridgehead atoms. The molecule has 0 radical (unpaired) electrons. The molecule has 3 N–H and O–H groups in total. The van der Waals surface area contributed by atoms with Crippen molar-refractivity contribution in [1.29, 1.82) is 0 Å². The summed E-state index contributed by atoms with van der Waals surface area (Å²) in [6.45, 7) is 13.1. The second-order valence-electron chi connectivity index (χ2n) is 18.9. The molecule has 0 aromatic heterocycles. The van der Waals surface area contributed by atoms with Crippen LogP contribution in [0.25, 0.3) is 0 Å². The smallest absolute Gasteiger partial charge is 0.159 e. The van der Waals surface area contributed by atoms with Crippen LogP contribution in [0.4, 0.5) is 4.39 Å². The first-order valence-corrected chi connectivity index (χ1v) is 23.9. The highest BCUT2D eigenvalue weighted by Gasteiger charge is 2.54. The first-order valence-electron chi connectivity index (χ1n) is 23.9. The number of benzene rings is 3. The summed E-state index contributed by atoms with van der Waals surface area (Å²) in [5, 5.41) is 10.6. The van der Waals surface area contributed by atoms with Crippen LogP contribution in [-0.4, -0.2) is 83.6 Å². The summed E-state index contributed by atoms with van der Waals surface area (Å²) in [6.07, 6.45) is 10.7. The molecule has 6 atom stereocenters. The molecule has 3 aliphatic carbocycles. The number of Topliss-reactive ketones (excluding diaryl/α,β-unsaturated/α-hetero) is 3. The Balaban J connectivity index is 0.000000142. The fraction of sp³-hybridized carbons (Fsp3) is 0.604. The van der Waals surface area contributed by atoms with Gasteiger partial charge in [-0.3, -0.25) is 14.4 Å². The van der Waals surface area contributed by atoms with Gasteiger partial charge in [-0.25, -0.2) is 4.39 Å². The number of methoxy groups -OCH3 is 1. The molecule has 3 saturated carbocycles. The lowest BCUT2D eigenvalue weighted by atomic mass is 9.62. The molecule has 10 heteroatoms. The van der Waals surface area contributed by atoms with E-state index in [-0.39, 0.29) is 35.2 Å². The SMILES string of the molecule is CC(=O)c1cccc(C2(OCCF)C3CCCC2CNC3)c1.CCOC1(c2cccc(C(C)=O)c2)C2CCCC1CNC2.COC1(c2cccc(C(C)=O)c2)C2CCCC1CNC2. The molecule has 6 unspecified atom stereocenters. The van der Waals surface area contributed by atoms with E-state index in [1.54, 1.807) is 20.8 Å². The number of fused-ring (bicyclic) bond motifs is 6. The normalized spacial score (nSPS) is 31.9. The van der Waals surface area contributed by atoms with E-state index in [1.165, 1.54) is 56.1 Å². The number of rotatable bonds is 12. The van der Waals surface area contributed by atoms with Crippen molar-refractivity contribution in [2.45, 2.75) is 102 Å². The molecule has 6 aliphatic rings. The average molecular weight is 866 g/mol. The molecule has 3 aromatic rings. The fourth-order valence-corrected chi connectivity index (χ4v) is 12.8. The predicted octanol–water partition coefficient (Wildman–Crippen LogP) is 8.98. The largest absolute Gasteiger partial charge is 0.373 e. The van der Waals surface area contributed by atoms with E-state index in [9.17, 15) is 18.8 Å². The van der Waals surface area contributed by atoms with Crippen LogP contribution in [0.15, 0.2) is 72.8 Å². The highest BCUT2D eigenvalue weighted by Crippen LogP contribution is 2.52. The van der Waals surface area contributed by atoms with E-state index < -0.39 is 12.3 Å². The Labute approximate surface area is 375 Å². The van der Waals surface area contributed by atoms with E-state index >= 15 is 0 Å². The Hall–Kier alpha value is -3.64. The fourth-order valence-electron chi connectivity index (χ4n) is 12.8. The molecular weight excluding hydrogens is 794 g/mol. The summed E-state index contributed by atoms with van der Waals surface area (Å²) in [4.78, 5) is 35.1. The predicted molar refractivity (Wildman–Crippen MR) is 246 cm³/mol. The van der Waals surface area contributed by atoms with Crippen LogP contribution >= 0.6 is 0 Å². The Morgan fingerprint density at radius 2 is 0.857 bits per heavy atom. The van der Waals surface area contributed by atoms with Gasteiger partial charge in [0, 0.05) is 105 Å². The molecular formula is C53H72FN3O6. The number of nitrogens with one attached hydrogen (secondary N) is 3. The van der Waals surface area contributed by atoms with Crippen LogP contribution in [0.1, 0.15) is 133 Å². The summed E-state index contributed by atoms with van der Waals surface area (Å²) >= 11 is 0. The monoisotopic (exact) mass is 866 g/mol. The maximum atomic E-state index is 12.8. The number of piperidine rings is 3. The summed E-state index contributed by atoms with van der Waals surface area (Å²) in [5.74, 6) is 3.01. The maximum Gasteiger partial charge on any atom is 0.159 e. The van der Waals surface area contributed by atoms with Crippen molar-refractivity contribution in [1.82, 2.24) is 16.0 Å². The van der Waals surface area contributed by atoms with Crippen molar-refractivity contribution in [3.8, 4) is 0 Å². The molecule has 342 valence electrons. The van der Waals surface area contributed by atoms with Gasteiger partial charge in [-0.2, -0.15) is 0 Å². The van der Waals surface area contributed by atoms with E-state index in [1.807, 2.05) is 61.7 Å². The van der Waals surface area contributed by atoms with Gasteiger partial charge in [-0.1, -0.05) is 73.9 Å². The first kappa shape index (κ1) is 47.3. The Bertz CT molecular complexity index is 1970. The molecule has 0 amide bonds. The molecule has 63 heavy (non-hydrogen) atoms. The molecule has 9 rings (SSSR count). The number of hydrogen-bond donors (Lipinski definition) is 3. The van der Waals surface area contributed by atoms with E-state index in [0.29, 0.717) is 41.1 Å². The zero-order valence-electron chi connectivity index (χ0n) is 38.4. The summed E-state index contributed by atoms with van der Waals surface area (Å²) < 4.78 is 31.5. The van der Waals surface area contributed by atoms with E-state index in [4.69, 9.17) is 14.2 Å². The maximum absolute atomic E-state index is 12.8. The van der Waals surface area contributed by atoms with E-state index in [0.717, 1.165) is 75.4 Å². The Morgan fingerprint density at radius 3 is 1.16 bits per heavy atom. The van der Waals surface area contributed by atoms with Gasteiger partial charge in [-0.15, -0.1) is 0 Å². The van der Waals surface area contributed by atoms with Crippen molar-refractivity contribution >= 4 is 17.3 Å².